The number of rotatable bonds is 2. The van der Waals surface area contributed by atoms with Crippen LogP contribution >= 0.6 is 0 Å². The molecule has 0 aromatic heterocycles. The molecule has 2 heterocycles. The van der Waals surface area contributed by atoms with E-state index >= 15 is 0 Å². The Balaban J connectivity index is 1.53. The Bertz CT molecular complexity index is 412. The number of nitrogens with one attached hydrogen (secondary N) is 2. The Morgan fingerprint density at radius 3 is 2.88 bits per heavy atom. The number of amides is 1. The lowest BCUT2D eigenvalue weighted by atomic mass is 10.1. The van der Waals surface area contributed by atoms with Gasteiger partial charge in [-0.3, -0.25) is 9.59 Å². The quantitative estimate of drug-likeness (QED) is 0.646. The minimum absolute atomic E-state index is 0.0505. The molecule has 4 fully saturated rings. The molecule has 4 rings (SSSR count). The summed E-state index contributed by atoms with van der Waals surface area (Å²) in [7, 11) is 0. The maximum Gasteiger partial charge on any atom is 0.312 e. The maximum atomic E-state index is 12.1. The summed E-state index contributed by atoms with van der Waals surface area (Å²) in [5.41, 5.74) is -0.672. The smallest absolute Gasteiger partial charge is 0.312 e. The monoisotopic (exact) mass is 236 g/mol. The normalized spacial score (nSPS) is 44.4. The molecule has 2 aliphatic heterocycles. The summed E-state index contributed by atoms with van der Waals surface area (Å²) >= 11 is 0. The molecule has 2 aliphatic carbocycles. The van der Waals surface area contributed by atoms with Gasteiger partial charge in [-0.1, -0.05) is 0 Å². The van der Waals surface area contributed by atoms with Crippen LogP contribution in [0.15, 0.2) is 0 Å². The van der Waals surface area contributed by atoms with Gasteiger partial charge in [0.2, 0.25) is 5.91 Å². The SMILES string of the molecule is O=C1OC2(CC2)C2(NC(=O)[C@@H]3CCCN3)CC12. The highest BCUT2D eigenvalue weighted by atomic mass is 16.6. The minimum atomic E-state index is -0.342. The molecule has 2 saturated carbocycles. The number of hydrogen-bond acceptors (Lipinski definition) is 4. The van der Waals surface area contributed by atoms with Gasteiger partial charge in [-0.15, -0.1) is 0 Å². The predicted octanol–water partition coefficient (Wildman–Crippen LogP) is -0.297. The number of carbonyl (C=O) groups is 2. The summed E-state index contributed by atoms with van der Waals surface area (Å²) in [5, 5.41) is 6.29. The van der Waals surface area contributed by atoms with E-state index in [1.165, 1.54) is 0 Å². The largest absolute Gasteiger partial charge is 0.456 e. The van der Waals surface area contributed by atoms with E-state index in [1.807, 2.05) is 0 Å². The standard InChI is InChI=1S/C12H16N2O3/c15-9(8-2-1-5-13-8)14-12-6-7(12)10(16)17-11(12)3-4-11/h7-8,13H,1-6H2,(H,14,15)/t7?,8-,12?/m0/s1. The van der Waals surface area contributed by atoms with Gasteiger partial charge < -0.3 is 15.4 Å². The van der Waals surface area contributed by atoms with Crippen LogP contribution in [0.5, 0.6) is 0 Å². The second-order valence-corrected chi connectivity index (χ2v) is 5.78. The Hall–Kier alpha value is -1.10. The highest BCUT2D eigenvalue weighted by molar-refractivity contribution is 5.90. The third kappa shape index (κ3) is 1.13. The summed E-state index contributed by atoms with van der Waals surface area (Å²) in [5.74, 6) is -0.132. The van der Waals surface area contributed by atoms with Gasteiger partial charge in [0.25, 0.3) is 0 Å². The molecule has 1 amide bonds. The summed E-state index contributed by atoms with van der Waals surface area (Å²) in [6, 6.07) is -0.0721. The average Bonchev–Trinajstić information content (AvgIpc) is 3.13. The molecule has 5 nitrogen and oxygen atoms in total. The van der Waals surface area contributed by atoms with Gasteiger partial charge in [0.1, 0.15) is 5.60 Å². The number of hydrogen-bond donors (Lipinski definition) is 2. The van der Waals surface area contributed by atoms with Gasteiger partial charge >= 0.3 is 5.97 Å². The zero-order valence-electron chi connectivity index (χ0n) is 9.62. The van der Waals surface area contributed by atoms with Crippen molar-refractivity contribution in [2.75, 3.05) is 6.54 Å². The van der Waals surface area contributed by atoms with Crippen LogP contribution in [0.3, 0.4) is 0 Å². The van der Waals surface area contributed by atoms with Crippen molar-refractivity contribution < 1.29 is 14.3 Å². The zero-order chi connectivity index (χ0) is 11.7. The number of ether oxygens (including phenoxy) is 1. The Labute approximate surface area is 99.3 Å². The fourth-order valence-electron chi connectivity index (χ4n) is 3.53. The lowest BCUT2D eigenvalue weighted by Gasteiger charge is -2.24. The van der Waals surface area contributed by atoms with E-state index in [9.17, 15) is 9.59 Å². The Morgan fingerprint density at radius 2 is 2.29 bits per heavy atom. The summed E-state index contributed by atoms with van der Waals surface area (Å²) in [4.78, 5) is 23.7. The molecule has 2 N–H and O–H groups in total. The van der Waals surface area contributed by atoms with E-state index in [0.717, 1.165) is 38.6 Å². The van der Waals surface area contributed by atoms with Crippen LogP contribution in [0.25, 0.3) is 0 Å². The molecule has 0 aromatic rings. The molecule has 92 valence electrons. The first-order chi connectivity index (χ1) is 8.17. The molecule has 0 aromatic carbocycles. The topological polar surface area (TPSA) is 67.4 Å². The van der Waals surface area contributed by atoms with Crippen LogP contribution in [0, 0.1) is 5.92 Å². The van der Waals surface area contributed by atoms with Crippen molar-refractivity contribution in [1.82, 2.24) is 10.6 Å². The number of esters is 1. The van der Waals surface area contributed by atoms with Crippen molar-refractivity contribution in [2.24, 2.45) is 5.92 Å². The first kappa shape index (κ1) is 9.88. The fraction of sp³-hybridized carbons (Fsp3) is 0.833. The summed E-state index contributed by atoms with van der Waals surface area (Å²) in [6.45, 7) is 0.912. The molecule has 2 unspecified atom stereocenters. The average molecular weight is 236 g/mol. The van der Waals surface area contributed by atoms with Gasteiger partial charge in [-0.05, 0) is 38.6 Å². The van der Waals surface area contributed by atoms with Crippen molar-refractivity contribution in [2.45, 2.75) is 49.3 Å². The van der Waals surface area contributed by atoms with Gasteiger partial charge in [-0.2, -0.15) is 0 Å². The number of carbonyl (C=O) groups excluding carboxylic acids is 2. The van der Waals surface area contributed by atoms with Crippen molar-refractivity contribution >= 4 is 11.9 Å². The summed E-state index contributed by atoms with van der Waals surface area (Å²) < 4.78 is 5.41. The highest BCUT2D eigenvalue weighted by Gasteiger charge is 2.82. The lowest BCUT2D eigenvalue weighted by Crippen LogP contribution is -2.52. The molecule has 1 spiro atoms. The van der Waals surface area contributed by atoms with Crippen LogP contribution in [0.4, 0.5) is 0 Å². The van der Waals surface area contributed by atoms with E-state index < -0.39 is 0 Å². The van der Waals surface area contributed by atoms with Crippen molar-refractivity contribution in [3.05, 3.63) is 0 Å². The third-order valence-electron chi connectivity index (χ3n) is 4.78. The Morgan fingerprint density at radius 1 is 1.47 bits per heavy atom. The van der Waals surface area contributed by atoms with Crippen molar-refractivity contribution in [1.29, 1.82) is 0 Å². The second kappa shape index (κ2) is 2.83. The van der Waals surface area contributed by atoms with Crippen LogP contribution in [-0.4, -0.2) is 35.6 Å². The fourth-order valence-corrected chi connectivity index (χ4v) is 3.53. The van der Waals surface area contributed by atoms with E-state index in [1.54, 1.807) is 0 Å². The van der Waals surface area contributed by atoms with Gasteiger partial charge in [0.05, 0.1) is 17.5 Å². The molecular formula is C12H16N2O3. The van der Waals surface area contributed by atoms with Crippen molar-refractivity contribution in [3.8, 4) is 0 Å². The molecule has 4 aliphatic rings. The Kier molecular flexibility index (Phi) is 1.64. The van der Waals surface area contributed by atoms with E-state index in [2.05, 4.69) is 10.6 Å². The second-order valence-electron chi connectivity index (χ2n) is 5.78. The first-order valence-corrected chi connectivity index (χ1v) is 6.45. The third-order valence-corrected chi connectivity index (χ3v) is 4.78. The lowest BCUT2D eigenvalue weighted by molar-refractivity contribution is -0.147. The molecule has 0 radical (unpaired) electrons. The summed E-state index contributed by atoms with van der Waals surface area (Å²) in [6.07, 6.45) is 4.55. The van der Waals surface area contributed by atoms with Gasteiger partial charge in [0, 0.05) is 0 Å². The molecule has 5 heteroatoms. The van der Waals surface area contributed by atoms with Gasteiger partial charge in [-0.25, -0.2) is 0 Å². The molecule has 2 saturated heterocycles. The zero-order valence-corrected chi connectivity index (χ0v) is 9.62. The van der Waals surface area contributed by atoms with Gasteiger partial charge in [0.15, 0.2) is 0 Å². The maximum absolute atomic E-state index is 12.1. The molecular weight excluding hydrogens is 220 g/mol. The number of fused-ring (bicyclic) bond motifs is 2. The molecule has 3 atom stereocenters. The van der Waals surface area contributed by atoms with Crippen LogP contribution < -0.4 is 10.6 Å². The van der Waals surface area contributed by atoms with Crippen LogP contribution in [-0.2, 0) is 14.3 Å². The minimum Gasteiger partial charge on any atom is -0.456 e. The highest BCUT2D eigenvalue weighted by Crippen LogP contribution is 2.68. The van der Waals surface area contributed by atoms with Crippen LogP contribution in [0.1, 0.15) is 32.1 Å². The van der Waals surface area contributed by atoms with Crippen molar-refractivity contribution in [3.63, 3.8) is 0 Å². The van der Waals surface area contributed by atoms with E-state index in [4.69, 9.17) is 4.74 Å². The van der Waals surface area contributed by atoms with E-state index in [-0.39, 0.29) is 35.0 Å². The predicted molar refractivity (Wildman–Crippen MR) is 58.1 cm³/mol. The molecule has 17 heavy (non-hydrogen) atoms. The van der Waals surface area contributed by atoms with Crippen LogP contribution in [0.2, 0.25) is 0 Å². The van der Waals surface area contributed by atoms with E-state index in [0.29, 0.717) is 0 Å². The first-order valence-electron chi connectivity index (χ1n) is 6.45. The molecule has 0 bridgehead atoms.